The number of nitrogens with zero attached hydrogens (tertiary/aromatic N) is 5. The average molecular weight is 470 g/mol. The molecule has 1 aliphatic rings. The van der Waals surface area contributed by atoms with Gasteiger partial charge >= 0.3 is 0 Å². The second-order valence-corrected chi connectivity index (χ2v) is 9.03. The van der Waals surface area contributed by atoms with Gasteiger partial charge in [0, 0.05) is 44.6 Å². The summed E-state index contributed by atoms with van der Waals surface area (Å²) in [6.07, 6.45) is 4.10. The highest BCUT2D eigenvalue weighted by atomic mass is 16.5. The third-order valence-electron chi connectivity index (χ3n) is 6.51. The van der Waals surface area contributed by atoms with E-state index >= 15 is 0 Å². The second kappa shape index (κ2) is 10.7. The van der Waals surface area contributed by atoms with Crippen LogP contribution < -0.4 is 4.90 Å². The molecule has 5 rings (SSSR count). The molecular formula is C28H31N5O2. The minimum absolute atomic E-state index is 0.251. The molecule has 0 spiro atoms. The molecule has 4 aromatic rings. The summed E-state index contributed by atoms with van der Waals surface area (Å²) in [5, 5.41) is 5.23. The number of carbonyl (C=O) groups excluding carboxylic acids is 1. The number of unbranched alkanes of at least 4 members (excludes halogenated alkanes) is 1. The highest BCUT2D eigenvalue weighted by Crippen LogP contribution is 2.34. The number of fused-ring (bicyclic) bond motifs is 1. The average Bonchev–Trinajstić information content (AvgIpc) is 3.16. The molecule has 1 fully saturated rings. The standard InChI is InChI=1S/C28H31N5O2/c1-2-3-15-24(34)32-16-10-17-33(19-18-32)27-25-26(22-13-8-5-9-14-22)31-35-28(25)30-23(29-27)20-21-11-6-4-7-12-21/h4-9,11-14H,2-3,10,15-20H2,1H3. The largest absolute Gasteiger partial charge is 0.354 e. The van der Waals surface area contributed by atoms with Gasteiger partial charge in [0.25, 0.3) is 5.71 Å². The fourth-order valence-corrected chi connectivity index (χ4v) is 4.62. The van der Waals surface area contributed by atoms with Crippen LogP contribution in [0.25, 0.3) is 22.4 Å². The molecule has 0 unspecified atom stereocenters. The van der Waals surface area contributed by atoms with Crippen molar-refractivity contribution in [3.05, 3.63) is 72.1 Å². The molecule has 1 aliphatic heterocycles. The van der Waals surface area contributed by atoms with Gasteiger partial charge in [-0.15, -0.1) is 0 Å². The van der Waals surface area contributed by atoms with Crippen molar-refractivity contribution in [3.63, 3.8) is 0 Å². The molecule has 0 aliphatic carbocycles. The summed E-state index contributed by atoms with van der Waals surface area (Å²) in [5.74, 6) is 1.79. The maximum Gasteiger partial charge on any atom is 0.263 e. The highest BCUT2D eigenvalue weighted by molar-refractivity contribution is 5.98. The zero-order valence-electron chi connectivity index (χ0n) is 20.2. The van der Waals surface area contributed by atoms with Crippen LogP contribution in [0, 0.1) is 0 Å². The van der Waals surface area contributed by atoms with Gasteiger partial charge < -0.3 is 14.3 Å². The van der Waals surface area contributed by atoms with Gasteiger partial charge in [0.2, 0.25) is 5.91 Å². The molecule has 180 valence electrons. The van der Waals surface area contributed by atoms with Gasteiger partial charge in [0.15, 0.2) is 0 Å². The van der Waals surface area contributed by atoms with Crippen molar-refractivity contribution >= 4 is 22.8 Å². The molecule has 1 amide bonds. The van der Waals surface area contributed by atoms with Crippen molar-refractivity contribution < 1.29 is 9.32 Å². The zero-order chi connectivity index (χ0) is 24.0. The molecule has 1 saturated heterocycles. The predicted molar refractivity (Wildman–Crippen MR) is 137 cm³/mol. The first-order valence-corrected chi connectivity index (χ1v) is 12.5. The molecule has 0 atom stereocenters. The number of anilines is 1. The van der Waals surface area contributed by atoms with Gasteiger partial charge in [0.1, 0.15) is 22.7 Å². The molecule has 3 heterocycles. The van der Waals surface area contributed by atoms with E-state index in [0.717, 1.165) is 60.4 Å². The van der Waals surface area contributed by atoms with E-state index in [2.05, 4.69) is 29.1 Å². The Bertz CT molecular complexity index is 1270. The van der Waals surface area contributed by atoms with E-state index in [4.69, 9.17) is 14.5 Å². The number of aromatic nitrogens is 3. The van der Waals surface area contributed by atoms with Gasteiger partial charge in [-0.3, -0.25) is 4.79 Å². The molecule has 35 heavy (non-hydrogen) atoms. The Morgan fingerprint density at radius 2 is 1.71 bits per heavy atom. The van der Waals surface area contributed by atoms with Crippen molar-refractivity contribution in [1.82, 2.24) is 20.0 Å². The predicted octanol–water partition coefficient (Wildman–Crippen LogP) is 5.10. The Morgan fingerprint density at radius 1 is 0.943 bits per heavy atom. The highest BCUT2D eigenvalue weighted by Gasteiger charge is 2.25. The van der Waals surface area contributed by atoms with Gasteiger partial charge in [-0.1, -0.05) is 79.2 Å². The Labute approximate surface area is 205 Å². The van der Waals surface area contributed by atoms with Crippen LogP contribution in [0.3, 0.4) is 0 Å². The molecule has 2 aromatic carbocycles. The Hall–Kier alpha value is -3.74. The van der Waals surface area contributed by atoms with Crippen LogP contribution in [0.1, 0.15) is 44.0 Å². The van der Waals surface area contributed by atoms with E-state index in [1.807, 2.05) is 53.4 Å². The third-order valence-corrected chi connectivity index (χ3v) is 6.51. The molecule has 0 N–H and O–H groups in total. The van der Waals surface area contributed by atoms with Crippen LogP contribution in [-0.2, 0) is 11.2 Å². The van der Waals surface area contributed by atoms with Crippen molar-refractivity contribution in [2.75, 3.05) is 31.1 Å². The zero-order valence-corrected chi connectivity index (χ0v) is 20.2. The van der Waals surface area contributed by atoms with E-state index in [9.17, 15) is 4.79 Å². The number of carbonyl (C=O) groups is 1. The minimum atomic E-state index is 0.251. The van der Waals surface area contributed by atoms with E-state index in [1.54, 1.807) is 0 Å². The van der Waals surface area contributed by atoms with Crippen molar-refractivity contribution in [2.45, 2.75) is 39.0 Å². The molecule has 2 aromatic heterocycles. The molecule has 0 bridgehead atoms. The van der Waals surface area contributed by atoms with Crippen LogP contribution in [0.4, 0.5) is 5.82 Å². The van der Waals surface area contributed by atoms with Crippen LogP contribution >= 0.6 is 0 Å². The first kappa shape index (κ1) is 23.0. The first-order valence-electron chi connectivity index (χ1n) is 12.5. The van der Waals surface area contributed by atoms with Crippen LogP contribution in [0.15, 0.2) is 65.2 Å². The maximum atomic E-state index is 12.7. The van der Waals surface area contributed by atoms with E-state index in [1.165, 1.54) is 0 Å². The normalized spacial score (nSPS) is 14.3. The summed E-state index contributed by atoms with van der Waals surface area (Å²) in [6, 6.07) is 20.2. The molecule has 0 radical (unpaired) electrons. The smallest absolute Gasteiger partial charge is 0.263 e. The topological polar surface area (TPSA) is 75.4 Å². The Morgan fingerprint density at radius 3 is 2.49 bits per heavy atom. The summed E-state index contributed by atoms with van der Waals surface area (Å²) >= 11 is 0. The van der Waals surface area contributed by atoms with E-state index < -0.39 is 0 Å². The fourth-order valence-electron chi connectivity index (χ4n) is 4.62. The van der Waals surface area contributed by atoms with Crippen molar-refractivity contribution in [3.8, 4) is 11.3 Å². The monoisotopic (exact) mass is 469 g/mol. The SMILES string of the molecule is CCCCC(=O)N1CCCN(c2nc(Cc3ccccc3)nc3onc(-c4ccccc4)c23)CC1. The van der Waals surface area contributed by atoms with Crippen molar-refractivity contribution in [2.24, 2.45) is 0 Å². The Kier molecular flexibility index (Phi) is 7.02. The molecular weight excluding hydrogens is 438 g/mol. The summed E-state index contributed by atoms with van der Waals surface area (Å²) in [5.41, 5.74) is 3.36. The number of amides is 1. The quantitative estimate of drug-likeness (QED) is 0.375. The van der Waals surface area contributed by atoms with E-state index in [0.29, 0.717) is 37.5 Å². The van der Waals surface area contributed by atoms with Gasteiger partial charge in [-0.2, -0.15) is 4.98 Å². The maximum absolute atomic E-state index is 12.7. The summed E-state index contributed by atoms with van der Waals surface area (Å²) in [7, 11) is 0. The lowest BCUT2D eigenvalue weighted by Crippen LogP contribution is -2.35. The third kappa shape index (κ3) is 5.19. The van der Waals surface area contributed by atoms with Gasteiger partial charge in [-0.05, 0) is 18.4 Å². The van der Waals surface area contributed by atoms with Gasteiger partial charge in [-0.25, -0.2) is 4.98 Å². The number of hydrogen-bond donors (Lipinski definition) is 0. The van der Waals surface area contributed by atoms with Crippen LogP contribution in [-0.4, -0.2) is 52.1 Å². The number of benzene rings is 2. The minimum Gasteiger partial charge on any atom is -0.354 e. The lowest BCUT2D eigenvalue weighted by molar-refractivity contribution is -0.131. The van der Waals surface area contributed by atoms with Crippen molar-refractivity contribution in [1.29, 1.82) is 0 Å². The van der Waals surface area contributed by atoms with Crippen LogP contribution in [0.5, 0.6) is 0 Å². The first-order chi connectivity index (χ1) is 17.2. The number of hydrogen-bond acceptors (Lipinski definition) is 6. The summed E-state index contributed by atoms with van der Waals surface area (Å²) < 4.78 is 5.76. The summed E-state index contributed by atoms with van der Waals surface area (Å²) in [6.45, 7) is 5.11. The van der Waals surface area contributed by atoms with Crippen LogP contribution in [0.2, 0.25) is 0 Å². The summed E-state index contributed by atoms with van der Waals surface area (Å²) in [4.78, 5) is 26.7. The fraction of sp³-hybridized carbons (Fsp3) is 0.357. The lowest BCUT2D eigenvalue weighted by atomic mass is 10.1. The Balaban J connectivity index is 1.51. The molecule has 7 heteroatoms. The van der Waals surface area contributed by atoms with E-state index in [-0.39, 0.29) is 5.91 Å². The number of rotatable bonds is 7. The van der Waals surface area contributed by atoms with Gasteiger partial charge in [0.05, 0.1) is 0 Å². The molecule has 7 nitrogen and oxygen atoms in total. The lowest BCUT2D eigenvalue weighted by Gasteiger charge is -2.24. The molecule has 0 saturated carbocycles. The second-order valence-electron chi connectivity index (χ2n) is 9.03.